The minimum atomic E-state index is -0.517. The summed E-state index contributed by atoms with van der Waals surface area (Å²) in [5.74, 6) is -0.107. The number of nitrogens with one attached hydrogen (secondary N) is 1. The van der Waals surface area contributed by atoms with Crippen molar-refractivity contribution in [3.63, 3.8) is 0 Å². The van der Waals surface area contributed by atoms with Crippen molar-refractivity contribution in [1.82, 2.24) is 4.90 Å². The number of anilines is 1. The highest BCUT2D eigenvalue weighted by Gasteiger charge is 2.35. The third-order valence-corrected chi connectivity index (χ3v) is 6.17. The van der Waals surface area contributed by atoms with E-state index >= 15 is 0 Å². The molecule has 0 atom stereocenters. The topological polar surface area (TPSA) is 128 Å². The van der Waals surface area contributed by atoms with Crippen LogP contribution < -0.4 is 14.8 Å². The number of amides is 3. The van der Waals surface area contributed by atoms with Crippen LogP contribution in [-0.2, 0) is 16.1 Å². The predicted octanol–water partition coefficient (Wildman–Crippen LogP) is 4.86. The summed E-state index contributed by atoms with van der Waals surface area (Å²) in [4.78, 5) is 49.1. The molecule has 1 saturated heterocycles. The van der Waals surface area contributed by atoms with E-state index in [1.807, 2.05) is 18.2 Å². The van der Waals surface area contributed by atoms with E-state index in [1.165, 1.54) is 31.4 Å². The molecule has 10 nitrogen and oxygen atoms in total. The molecule has 0 aliphatic carbocycles. The van der Waals surface area contributed by atoms with E-state index in [0.717, 1.165) is 16.7 Å². The van der Waals surface area contributed by atoms with Gasteiger partial charge in [0.05, 0.1) is 23.5 Å². The standard InChI is InChI=1S/C26H21N3O7S/c1-35-22-13-18(9-12-21(22)36-16-24(30)27-19-5-3-2-4-6-19)14-23-25(31)28(26(32)37-23)15-17-7-10-20(11-8-17)29(33)34/h2-14H,15-16H2,1H3,(H,27,30). The van der Waals surface area contributed by atoms with Gasteiger partial charge in [-0.3, -0.25) is 29.4 Å². The number of thioether (sulfide) groups is 1. The van der Waals surface area contributed by atoms with Crippen molar-refractivity contribution in [3.05, 3.63) is 98.9 Å². The number of nitro benzene ring substituents is 1. The van der Waals surface area contributed by atoms with Crippen molar-refractivity contribution in [2.24, 2.45) is 0 Å². The lowest BCUT2D eigenvalue weighted by atomic mass is 10.1. The number of methoxy groups -OCH3 is 1. The zero-order valence-corrected chi connectivity index (χ0v) is 20.4. The number of rotatable bonds is 9. The van der Waals surface area contributed by atoms with Crippen LogP contribution in [0, 0.1) is 10.1 Å². The molecule has 0 saturated carbocycles. The van der Waals surface area contributed by atoms with E-state index in [1.54, 1.807) is 36.4 Å². The van der Waals surface area contributed by atoms with Gasteiger partial charge in [0.25, 0.3) is 22.7 Å². The van der Waals surface area contributed by atoms with Crippen LogP contribution in [0.15, 0.2) is 77.7 Å². The lowest BCUT2D eigenvalue weighted by Crippen LogP contribution is -2.27. The van der Waals surface area contributed by atoms with Crippen LogP contribution in [0.25, 0.3) is 6.08 Å². The van der Waals surface area contributed by atoms with Crippen molar-refractivity contribution in [3.8, 4) is 11.5 Å². The van der Waals surface area contributed by atoms with Gasteiger partial charge in [-0.05, 0) is 53.2 Å². The lowest BCUT2D eigenvalue weighted by Gasteiger charge is -2.12. The number of non-ortho nitro benzene ring substituents is 1. The highest BCUT2D eigenvalue weighted by molar-refractivity contribution is 8.18. The van der Waals surface area contributed by atoms with Gasteiger partial charge in [0.2, 0.25) is 0 Å². The second kappa shape index (κ2) is 11.4. The molecule has 0 bridgehead atoms. The van der Waals surface area contributed by atoms with Crippen LogP contribution in [0.4, 0.5) is 16.2 Å². The van der Waals surface area contributed by atoms with Gasteiger partial charge in [0.1, 0.15) is 0 Å². The van der Waals surface area contributed by atoms with Crippen molar-refractivity contribution >= 4 is 46.3 Å². The van der Waals surface area contributed by atoms with Crippen LogP contribution in [0.2, 0.25) is 0 Å². The molecule has 1 N–H and O–H groups in total. The van der Waals surface area contributed by atoms with Gasteiger partial charge in [-0.2, -0.15) is 0 Å². The molecular weight excluding hydrogens is 498 g/mol. The molecule has 11 heteroatoms. The van der Waals surface area contributed by atoms with E-state index in [0.29, 0.717) is 28.3 Å². The summed E-state index contributed by atoms with van der Waals surface area (Å²) in [5.41, 5.74) is 1.77. The van der Waals surface area contributed by atoms with Crippen LogP contribution >= 0.6 is 11.8 Å². The van der Waals surface area contributed by atoms with Gasteiger partial charge in [-0.15, -0.1) is 0 Å². The second-order valence-corrected chi connectivity index (χ2v) is 8.80. The van der Waals surface area contributed by atoms with E-state index in [-0.39, 0.29) is 29.7 Å². The average Bonchev–Trinajstić information content (AvgIpc) is 3.16. The quantitative estimate of drug-likeness (QED) is 0.241. The van der Waals surface area contributed by atoms with E-state index in [9.17, 15) is 24.5 Å². The number of hydrogen-bond donors (Lipinski definition) is 1. The Morgan fingerprint density at radius 3 is 2.46 bits per heavy atom. The van der Waals surface area contributed by atoms with Gasteiger partial charge in [-0.1, -0.05) is 36.4 Å². The monoisotopic (exact) mass is 519 g/mol. The molecule has 0 unspecified atom stereocenters. The number of ether oxygens (including phenoxy) is 2. The first kappa shape index (κ1) is 25.5. The molecule has 4 rings (SSSR count). The molecular formula is C26H21N3O7S. The van der Waals surface area contributed by atoms with Crippen LogP contribution in [0.3, 0.4) is 0 Å². The van der Waals surface area contributed by atoms with Crippen LogP contribution in [0.1, 0.15) is 11.1 Å². The largest absolute Gasteiger partial charge is 0.493 e. The van der Waals surface area contributed by atoms with Gasteiger partial charge < -0.3 is 14.8 Å². The zero-order valence-electron chi connectivity index (χ0n) is 19.6. The normalized spacial score (nSPS) is 14.1. The summed E-state index contributed by atoms with van der Waals surface area (Å²) in [6.07, 6.45) is 1.56. The van der Waals surface area contributed by atoms with E-state index in [4.69, 9.17) is 9.47 Å². The van der Waals surface area contributed by atoms with E-state index in [2.05, 4.69) is 5.32 Å². The summed E-state index contributed by atoms with van der Waals surface area (Å²) >= 11 is 0.802. The second-order valence-electron chi connectivity index (χ2n) is 7.80. The van der Waals surface area contributed by atoms with Crippen molar-refractivity contribution in [2.75, 3.05) is 19.0 Å². The molecule has 0 aromatic heterocycles. The van der Waals surface area contributed by atoms with E-state index < -0.39 is 16.1 Å². The Bertz CT molecular complexity index is 1370. The number of para-hydroxylation sites is 1. The molecule has 3 amide bonds. The summed E-state index contributed by atoms with van der Waals surface area (Å²) in [7, 11) is 1.45. The molecule has 3 aromatic rings. The Morgan fingerprint density at radius 2 is 1.78 bits per heavy atom. The zero-order chi connectivity index (χ0) is 26.4. The predicted molar refractivity (Wildman–Crippen MR) is 138 cm³/mol. The minimum Gasteiger partial charge on any atom is -0.493 e. The number of nitro groups is 1. The maximum atomic E-state index is 12.9. The van der Waals surface area contributed by atoms with Gasteiger partial charge >= 0.3 is 0 Å². The molecule has 0 radical (unpaired) electrons. The van der Waals surface area contributed by atoms with Crippen molar-refractivity contribution in [2.45, 2.75) is 6.54 Å². The number of hydrogen-bond acceptors (Lipinski definition) is 8. The van der Waals surface area contributed by atoms with Crippen LogP contribution in [-0.4, -0.2) is 40.6 Å². The Morgan fingerprint density at radius 1 is 1.05 bits per heavy atom. The number of carbonyl (C=O) groups is 3. The maximum Gasteiger partial charge on any atom is 0.293 e. The fourth-order valence-electron chi connectivity index (χ4n) is 3.45. The molecule has 0 spiro atoms. The first-order valence-electron chi connectivity index (χ1n) is 11.0. The smallest absolute Gasteiger partial charge is 0.293 e. The molecule has 1 aliphatic heterocycles. The molecule has 1 aliphatic rings. The summed E-state index contributed by atoms with van der Waals surface area (Å²) in [6.45, 7) is -0.229. The van der Waals surface area contributed by atoms with Crippen LogP contribution in [0.5, 0.6) is 11.5 Å². The van der Waals surface area contributed by atoms with Gasteiger partial charge in [-0.25, -0.2) is 0 Å². The van der Waals surface area contributed by atoms with Crippen molar-refractivity contribution in [1.29, 1.82) is 0 Å². The highest BCUT2D eigenvalue weighted by atomic mass is 32.2. The number of nitrogens with zero attached hydrogens (tertiary/aromatic N) is 2. The molecule has 188 valence electrons. The highest BCUT2D eigenvalue weighted by Crippen LogP contribution is 2.35. The third kappa shape index (κ3) is 6.33. The number of carbonyl (C=O) groups excluding carboxylic acids is 3. The average molecular weight is 520 g/mol. The Labute approximate surface area is 216 Å². The molecule has 3 aromatic carbocycles. The Balaban J connectivity index is 1.41. The summed E-state index contributed by atoms with van der Waals surface area (Å²) < 4.78 is 11.0. The first-order valence-corrected chi connectivity index (χ1v) is 11.8. The molecule has 37 heavy (non-hydrogen) atoms. The number of imide groups is 1. The lowest BCUT2D eigenvalue weighted by molar-refractivity contribution is -0.384. The third-order valence-electron chi connectivity index (χ3n) is 5.26. The van der Waals surface area contributed by atoms with Gasteiger partial charge in [0.15, 0.2) is 18.1 Å². The Hall–Kier alpha value is -4.64. The fourth-order valence-corrected chi connectivity index (χ4v) is 4.29. The van der Waals surface area contributed by atoms with Crippen molar-refractivity contribution < 1.29 is 28.8 Å². The molecule has 1 fully saturated rings. The maximum absolute atomic E-state index is 12.9. The minimum absolute atomic E-state index is 0.00114. The Kier molecular flexibility index (Phi) is 7.84. The summed E-state index contributed by atoms with van der Waals surface area (Å²) in [6, 6.07) is 19.6. The van der Waals surface area contributed by atoms with Gasteiger partial charge in [0, 0.05) is 17.8 Å². The fraction of sp³-hybridized carbons (Fsp3) is 0.115. The molecule has 1 heterocycles. The first-order chi connectivity index (χ1) is 17.8. The summed E-state index contributed by atoms with van der Waals surface area (Å²) in [5, 5.41) is 13.1. The SMILES string of the molecule is COc1cc(C=C2SC(=O)N(Cc3ccc([N+](=O)[O-])cc3)C2=O)ccc1OCC(=O)Nc1ccccc1. The number of benzene rings is 3.